The molecule has 1 aromatic heterocycles. The first-order valence-corrected chi connectivity index (χ1v) is 4.58. The molecule has 0 fully saturated rings. The van der Waals surface area contributed by atoms with Gasteiger partial charge in [0, 0.05) is 12.2 Å². The standard InChI is InChI=1S/C9H6N2O3S/c1-2-6-5-10-9(15-6)11-7(12)3-4-8(13)14/h1,3-5H,(H,13,14)(H,10,11,12)/b4-3+. The number of hydrogen-bond donors (Lipinski definition) is 2. The lowest BCUT2D eigenvalue weighted by Gasteiger charge is -1.93. The van der Waals surface area contributed by atoms with Crippen LogP contribution in [0.3, 0.4) is 0 Å². The maximum absolute atomic E-state index is 11.1. The van der Waals surface area contributed by atoms with E-state index in [-0.39, 0.29) is 0 Å². The number of nitrogens with one attached hydrogen (secondary N) is 1. The summed E-state index contributed by atoms with van der Waals surface area (Å²) in [6.07, 6.45) is 8.20. The molecule has 1 amide bonds. The first-order chi connectivity index (χ1) is 7.11. The molecule has 0 spiro atoms. The number of hydrogen-bond acceptors (Lipinski definition) is 4. The number of aliphatic carboxylic acids is 1. The molecule has 0 bridgehead atoms. The van der Waals surface area contributed by atoms with E-state index in [1.165, 1.54) is 6.20 Å². The third-order valence-corrected chi connectivity index (χ3v) is 2.10. The fourth-order valence-electron chi connectivity index (χ4n) is 0.693. The van der Waals surface area contributed by atoms with Gasteiger partial charge in [-0.3, -0.25) is 10.1 Å². The highest BCUT2D eigenvalue weighted by molar-refractivity contribution is 7.16. The zero-order valence-corrected chi connectivity index (χ0v) is 8.25. The Morgan fingerprint density at radius 3 is 2.87 bits per heavy atom. The molecule has 76 valence electrons. The zero-order valence-electron chi connectivity index (χ0n) is 7.43. The first kappa shape index (κ1) is 10.9. The van der Waals surface area contributed by atoms with Gasteiger partial charge in [0.2, 0.25) is 5.91 Å². The van der Waals surface area contributed by atoms with E-state index in [9.17, 15) is 9.59 Å². The van der Waals surface area contributed by atoms with E-state index in [0.29, 0.717) is 10.0 Å². The average Bonchev–Trinajstić information content (AvgIpc) is 2.62. The summed E-state index contributed by atoms with van der Waals surface area (Å²) in [5.41, 5.74) is 0. The van der Waals surface area contributed by atoms with Crippen LogP contribution >= 0.6 is 11.3 Å². The van der Waals surface area contributed by atoms with Crippen LogP contribution in [0.1, 0.15) is 4.88 Å². The molecule has 0 saturated carbocycles. The fraction of sp³-hybridized carbons (Fsp3) is 0. The first-order valence-electron chi connectivity index (χ1n) is 3.76. The van der Waals surface area contributed by atoms with Crippen LogP contribution < -0.4 is 5.32 Å². The molecule has 6 heteroatoms. The van der Waals surface area contributed by atoms with E-state index in [1.54, 1.807) is 0 Å². The minimum absolute atomic E-state index is 0.336. The predicted molar refractivity (Wildman–Crippen MR) is 55.5 cm³/mol. The zero-order chi connectivity index (χ0) is 11.3. The van der Waals surface area contributed by atoms with Crippen LogP contribution in [0.25, 0.3) is 0 Å². The van der Waals surface area contributed by atoms with Crippen molar-refractivity contribution in [3.8, 4) is 12.3 Å². The van der Waals surface area contributed by atoms with Crippen LogP contribution in [0, 0.1) is 12.3 Å². The molecule has 0 aromatic carbocycles. The number of carbonyl (C=O) groups excluding carboxylic acids is 1. The van der Waals surface area contributed by atoms with Crippen LogP contribution in [-0.2, 0) is 9.59 Å². The van der Waals surface area contributed by atoms with Crippen LogP contribution in [0.4, 0.5) is 5.13 Å². The largest absolute Gasteiger partial charge is 0.478 e. The van der Waals surface area contributed by atoms with Crippen molar-refractivity contribution in [2.75, 3.05) is 5.32 Å². The van der Waals surface area contributed by atoms with Gasteiger partial charge in [-0.15, -0.1) is 6.42 Å². The van der Waals surface area contributed by atoms with Gasteiger partial charge in [-0.25, -0.2) is 9.78 Å². The van der Waals surface area contributed by atoms with Gasteiger partial charge in [0.1, 0.15) is 0 Å². The number of carbonyl (C=O) groups is 2. The Morgan fingerprint density at radius 2 is 2.33 bits per heavy atom. The van der Waals surface area contributed by atoms with Crippen molar-refractivity contribution in [2.45, 2.75) is 0 Å². The van der Waals surface area contributed by atoms with E-state index >= 15 is 0 Å². The smallest absolute Gasteiger partial charge is 0.328 e. The molecular formula is C9H6N2O3S. The van der Waals surface area contributed by atoms with Crippen molar-refractivity contribution >= 4 is 28.3 Å². The van der Waals surface area contributed by atoms with E-state index in [0.717, 1.165) is 23.5 Å². The van der Waals surface area contributed by atoms with Gasteiger partial charge >= 0.3 is 5.97 Å². The number of anilines is 1. The quantitative estimate of drug-likeness (QED) is 0.583. The van der Waals surface area contributed by atoms with Crippen LogP contribution in [0.2, 0.25) is 0 Å². The Kier molecular flexibility index (Phi) is 3.60. The molecular weight excluding hydrogens is 216 g/mol. The SMILES string of the molecule is C#Cc1cnc(NC(=O)/C=C/C(=O)O)s1. The Balaban J connectivity index is 2.59. The monoisotopic (exact) mass is 222 g/mol. The Bertz CT molecular complexity index is 456. The second-order valence-corrected chi connectivity index (χ2v) is 3.37. The Hall–Kier alpha value is -2.13. The number of carboxylic acids is 1. The van der Waals surface area contributed by atoms with Gasteiger partial charge in [0.05, 0.1) is 11.1 Å². The van der Waals surface area contributed by atoms with E-state index in [4.69, 9.17) is 11.5 Å². The molecule has 5 nitrogen and oxygen atoms in total. The van der Waals surface area contributed by atoms with Crippen LogP contribution in [0.5, 0.6) is 0 Å². The molecule has 1 aromatic rings. The molecule has 15 heavy (non-hydrogen) atoms. The van der Waals surface area contributed by atoms with E-state index in [1.807, 2.05) is 0 Å². The summed E-state index contributed by atoms with van der Waals surface area (Å²) in [4.78, 5) is 25.6. The minimum Gasteiger partial charge on any atom is -0.478 e. The lowest BCUT2D eigenvalue weighted by atomic mass is 10.5. The number of rotatable bonds is 3. The Morgan fingerprint density at radius 1 is 1.60 bits per heavy atom. The van der Waals surface area contributed by atoms with E-state index in [2.05, 4.69) is 16.2 Å². The van der Waals surface area contributed by atoms with Crippen LogP contribution in [-0.4, -0.2) is 22.0 Å². The lowest BCUT2D eigenvalue weighted by molar-refractivity contribution is -0.131. The molecule has 1 rings (SSSR count). The van der Waals surface area contributed by atoms with Gasteiger partial charge in [-0.05, 0) is 0 Å². The van der Waals surface area contributed by atoms with Crippen molar-refractivity contribution in [1.29, 1.82) is 0 Å². The van der Waals surface area contributed by atoms with Gasteiger partial charge < -0.3 is 5.11 Å². The van der Waals surface area contributed by atoms with Gasteiger partial charge in [-0.2, -0.15) is 0 Å². The molecule has 0 aliphatic carbocycles. The number of amides is 1. The van der Waals surface area contributed by atoms with Gasteiger partial charge in [0.15, 0.2) is 5.13 Å². The second kappa shape index (κ2) is 4.93. The number of terminal acetylenes is 1. The van der Waals surface area contributed by atoms with Crippen LogP contribution in [0.15, 0.2) is 18.3 Å². The van der Waals surface area contributed by atoms with Crippen molar-refractivity contribution in [2.24, 2.45) is 0 Å². The molecule has 0 unspecified atom stereocenters. The van der Waals surface area contributed by atoms with E-state index < -0.39 is 11.9 Å². The molecule has 2 N–H and O–H groups in total. The molecule has 1 heterocycles. The second-order valence-electron chi connectivity index (χ2n) is 2.33. The normalized spacial score (nSPS) is 9.80. The van der Waals surface area contributed by atoms with Crippen molar-refractivity contribution in [3.05, 3.63) is 23.2 Å². The molecule has 0 radical (unpaired) electrons. The summed E-state index contributed by atoms with van der Waals surface area (Å²) in [6, 6.07) is 0. The van der Waals surface area contributed by atoms with Gasteiger partial charge in [0.25, 0.3) is 0 Å². The summed E-state index contributed by atoms with van der Waals surface area (Å²) in [7, 11) is 0. The highest BCUT2D eigenvalue weighted by Crippen LogP contribution is 2.16. The molecule has 0 aliphatic heterocycles. The number of aromatic nitrogens is 1. The summed E-state index contributed by atoms with van der Waals surface area (Å²) in [5, 5.41) is 11.0. The van der Waals surface area contributed by atoms with Crippen molar-refractivity contribution < 1.29 is 14.7 Å². The predicted octanol–water partition coefficient (Wildman–Crippen LogP) is 0.704. The summed E-state index contributed by atoms with van der Waals surface area (Å²) in [6.45, 7) is 0. The topological polar surface area (TPSA) is 79.3 Å². The van der Waals surface area contributed by atoms with Crippen molar-refractivity contribution in [1.82, 2.24) is 4.98 Å². The van der Waals surface area contributed by atoms with Gasteiger partial charge in [-0.1, -0.05) is 17.3 Å². The third-order valence-electron chi connectivity index (χ3n) is 1.26. The maximum Gasteiger partial charge on any atom is 0.328 e. The number of thiazole rings is 1. The Labute approximate surface area is 89.5 Å². The summed E-state index contributed by atoms with van der Waals surface area (Å²) in [5.74, 6) is 0.617. The third kappa shape index (κ3) is 3.62. The summed E-state index contributed by atoms with van der Waals surface area (Å²) < 4.78 is 0. The number of nitrogens with zero attached hydrogens (tertiary/aromatic N) is 1. The van der Waals surface area contributed by atoms with Crippen molar-refractivity contribution in [3.63, 3.8) is 0 Å². The average molecular weight is 222 g/mol. The summed E-state index contributed by atoms with van der Waals surface area (Å²) >= 11 is 1.13. The number of carboxylic acid groups (broad SMARTS) is 1. The molecule has 0 atom stereocenters. The fourth-order valence-corrected chi connectivity index (χ4v) is 1.32. The highest BCUT2D eigenvalue weighted by Gasteiger charge is 2.02. The maximum atomic E-state index is 11.1. The molecule has 0 aliphatic rings. The minimum atomic E-state index is -1.19. The lowest BCUT2D eigenvalue weighted by Crippen LogP contribution is -2.08. The highest BCUT2D eigenvalue weighted by atomic mass is 32.1. The molecule has 0 saturated heterocycles.